The number of sulfonamides is 1. The van der Waals surface area contributed by atoms with Gasteiger partial charge in [0.05, 0.1) is 5.02 Å². The third-order valence-corrected chi connectivity index (χ3v) is 5.37. The van der Waals surface area contributed by atoms with Crippen molar-refractivity contribution < 1.29 is 8.42 Å². The third-order valence-electron chi connectivity index (χ3n) is 3.03. The van der Waals surface area contributed by atoms with Gasteiger partial charge in [0.15, 0.2) is 0 Å². The molecule has 0 aromatic heterocycles. The van der Waals surface area contributed by atoms with Crippen LogP contribution < -0.4 is 10.0 Å². The van der Waals surface area contributed by atoms with E-state index >= 15 is 0 Å². The van der Waals surface area contributed by atoms with Gasteiger partial charge in [0.1, 0.15) is 4.90 Å². The predicted molar refractivity (Wildman–Crippen MR) is 81.8 cm³/mol. The smallest absolute Gasteiger partial charge is 0.242 e. The second-order valence-electron chi connectivity index (χ2n) is 4.95. The Morgan fingerprint density at radius 2 is 1.95 bits per heavy atom. The van der Waals surface area contributed by atoms with Crippen molar-refractivity contribution in [3.05, 3.63) is 27.7 Å². The molecule has 4 nitrogen and oxygen atoms in total. The Labute approximate surface area is 129 Å². The van der Waals surface area contributed by atoms with E-state index in [2.05, 4.69) is 17.0 Å². The zero-order chi connectivity index (χ0) is 14.8. The van der Waals surface area contributed by atoms with Crippen LogP contribution in [0.5, 0.6) is 0 Å². The Bertz CT molecular complexity index is 586. The Morgan fingerprint density at radius 3 is 2.55 bits per heavy atom. The summed E-state index contributed by atoms with van der Waals surface area (Å²) in [5.41, 5.74) is 0.737. The van der Waals surface area contributed by atoms with Crippen LogP contribution in [-0.4, -0.2) is 21.0 Å². The molecule has 7 heteroatoms. The highest BCUT2D eigenvalue weighted by Gasteiger charge is 2.29. The highest BCUT2D eigenvalue weighted by Crippen LogP contribution is 2.30. The topological polar surface area (TPSA) is 58.2 Å². The lowest BCUT2D eigenvalue weighted by atomic mass is 10.2. The standard InChI is InChI=1S/C13H18Cl2N2O2S/c1-2-5-16-8-9-6-13(12(15)7-11(9)14)20(18,19)17-10-3-4-10/h6-7,10,16-17H,2-5,8H2,1H3. The summed E-state index contributed by atoms with van der Waals surface area (Å²) in [6.07, 6.45) is 2.77. The fraction of sp³-hybridized carbons (Fsp3) is 0.538. The molecule has 1 aromatic carbocycles. The minimum atomic E-state index is -3.57. The number of rotatable bonds is 7. The summed E-state index contributed by atoms with van der Waals surface area (Å²) in [6, 6.07) is 3.10. The summed E-state index contributed by atoms with van der Waals surface area (Å²) in [5.74, 6) is 0. The summed E-state index contributed by atoms with van der Waals surface area (Å²) in [7, 11) is -3.57. The van der Waals surface area contributed by atoms with Crippen LogP contribution in [0, 0.1) is 0 Å². The van der Waals surface area contributed by atoms with E-state index in [1.54, 1.807) is 6.07 Å². The van der Waals surface area contributed by atoms with Crippen LogP contribution in [0.4, 0.5) is 0 Å². The molecule has 1 aliphatic rings. The molecule has 1 aromatic rings. The van der Waals surface area contributed by atoms with Gasteiger partial charge in [-0.15, -0.1) is 0 Å². The van der Waals surface area contributed by atoms with Gasteiger partial charge >= 0.3 is 0 Å². The van der Waals surface area contributed by atoms with Crippen molar-refractivity contribution in [1.82, 2.24) is 10.0 Å². The SMILES string of the molecule is CCCNCc1cc(S(=O)(=O)NC2CC2)c(Cl)cc1Cl. The molecule has 0 saturated heterocycles. The molecule has 0 spiro atoms. The van der Waals surface area contributed by atoms with Crippen molar-refractivity contribution >= 4 is 33.2 Å². The maximum absolute atomic E-state index is 12.2. The molecule has 0 unspecified atom stereocenters. The Balaban J connectivity index is 2.25. The lowest BCUT2D eigenvalue weighted by Gasteiger charge is -2.12. The molecule has 1 saturated carbocycles. The largest absolute Gasteiger partial charge is 0.313 e. The first-order valence-corrected chi connectivity index (χ1v) is 8.89. The molecule has 2 rings (SSSR count). The Morgan fingerprint density at radius 1 is 1.25 bits per heavy atom. The average molecular weight is 337 g/mol. The van der Waals surface area contributed by atoms with Gasteiger partial charge in [-0.05, 0) is 43.5 Å². The van der Waals surface area contributed by atoms with Crippen LogP contribution in [-0.2, 0) is 16.6 Å². The zero-order valence-electron chi connectivity index (χ0n) is 11.2. The van der Waals surface area contributed by atoms with Crippen LogP contribution in [0.25, 0.3) is 0 Å². The Hall–Kier alpha value is -0.330. The first-order valence-electron chi connectivity index (χ1n) is 6.65. The van der Waals surface area contributed by atoms with Crippen LogP contribution in [0.15, 0.2) is 17.0 Å². The van der Waals surface area contributed by atoms with Crippen LogP contribution in [0.1, 0.15) is 31.7 Å². The highest BCUT2D eigenvalue weighted by molar-refractivity contribution is 7.89. The molecule has 0 heterocycles. The number of halogens is 2. The normalized spacial score (nSPS) is 15.6. The molecule has 0 bridgehead atoms. The average Bonchev–Trinajstić information content (AvgIpc) is 3.15. The van der Waals surface area contributed by atoms with Crippen molar-refractivity contribution in [3.63, 3.8) is 0 Å². The monoisotopic (exact) mass is 336 g/mol. The fourth-order valence-electron chi connectivity index (χ4n) is 1.80. The molecule has 20 heavy (non-hydrogen) atoms. The number of nitrogens with one attached hydrogen (secondary N) is 2. The van der Waals surface area contributed by atoms with Gasteiger partial charge in [0.25, 0.3) is 0 Å². The first kappa shape index (κ1) is 16.0. The van der Waals surface area contributed by atoms with E-state index in [0.717, 1.165) is 31.4 Å². The van der Waals surface area contributed by atoms with Gasteiger partial charge in [-0.2, -0.15) is 0 Å². The van der Waals surface area contributed by atoms with Crippen molar-refractivity contribution in [2.24, 2.45) is 0 Å². The van der Waals surface area contributed by atoms with E-state index in [4.69, 9.17) is 23.2 Å². The second-order valence-corrected chi connectivity index (χ2v) is 7.44. The number of hydrogen-bond acceptors (Lipinski definition) is 3. The molecule has 1 aliphatic carbocycles. The van der Waals surface area contributed by atoms with Crippen molar-refractivity contribution in [1.29, 1.82) is 0 Å². The van der Waals surface area contributed by atoms with Crippen LogP contribution >= 0.6 is 23.2 Å². The zero-order valence-corrected chi connectivity index (χ0v) is 13.6. The van der Waals surface area contributed by atoms with E-state index < -0.39 is 10.0 Å². The predicted octanol–water partition coefficient (Wildman–Crippen LogP) is 2.93. The maximum atomic E-state index is 12.2. The minimum Gasteiger partial charge on any atom is -0.313 e. The van der Waals surface area contributed by atoms with Gasteiger partial charge in [0.2, 0.25) is 10.0 Å². The lowest BCUT2D eigenvalue weighted by molar-refractivity contribution is 0.580. The molecular formula is C13H18Cl2N2O2S. The summed E-state index contributed by atoms with van der Waals surface area (Å²) in [4.78, 5) is 0.101. The van der Waals surface area contributed by atoms with Gasteiger partial charge < -0.3 is 5.32 Å². The molecular weight excluding hydrogens is 319 g/mol. The molecule has 0 amide bonds. The van der Waals surface area contributed by atoms with Crippen molar-refractivity contribution in [2.45, 2.75) is 43.7 Å². The highest BCUT2D eigenvalue weighted by atomic mass is 35.5. The van der Waals surface area contributed by atoms with Crippen molar-refractivity contribution in [3.8, 4) is 0 Å². The third kappa shape index (κ3) is 4.09. The van der Waals surface area contributed by atoms with E-state index in [9.17, 15) is 8.42 Å². The molecule has 0 atom stereocenters. The first-order chi connectivity index (χ1) is 9.44. The fourth-order valence-corrected chi connectivity index (χ4v) is 3.97. The summed E-state index contributed by atoms with van der Waals surface area (Å²) in [6.45, 7) is 3.43. The molecule has 0 aliphatic heterocycles. The van der Waals surface area contributed by atoms with E-state index in [-0.39, 0.29) is 16.0 Å². The van der Waals surface area contributed by atoms with Gasteiger partial charge in [-0.1, -0.05) is 30.1 Å². The molecule has 1 fully saturated rings. The summed E-state index contributed by atoms with van der Waals surface area (Å²) < 4.78 is 27.1. The lowest BCUT2D eigenvalue weighted by Crippen LogP contribution is -2.26. The summed E-state index contributed by atoms with van der Waals surface area (Å²) in [5, 5.41) is 3.83. The van der Waals surface area contributed by atoms with Crippen molar-refractivity contribution in [2.75, 3.05) is 6.54 Å². The van der Waals surface area contributed by atoms with Gasteiger partial charge in [-0.3, -0.25) is 0 Å². The molecule has 0 radical (unpaired) electrons. The minimum absolute atomic E-state index is 0.0495. The quantitative estimate of drug-likeness (QED) is 0.752. The summed E-state index contributed by atoms with van der Waals surface area (Å²) >= 11 is 12.1. The second kappa shape index (κ2) is 6.62. The Kier molecular flexibility index (Phi) is 5.31. The van der Waals surface area contributed by atoms with Gasteiger partial charge in [0, 0.05) is 17.6 Å². The van der Waals surface area contributed by atoms with E-state index in [0.29, 0.717) is 11.6 Å². The van der Waals surface area contributed by atoms with Crippen LogP contribution in [0.3, 0.4) is 0 Å². The molecule has 2 N–H and O–H groups in total. The molecule has 112 valence electrons. The van der Waals surface area contributed by atoms with E-state index in [1.165, 1.54) is 6.07 Å². The number of benzene rings is 1. The van der Waals surface area contributed by atoms with E-state index in [1.807, 2.05) is 0 Å². The maximum Gasteiger partial charge on any atom is 0.242 e. The van der Waals surface area contributed by atoms with Gasteiger partial charge in [-0.25, -0.2) is 13.1 Å². The number of hydrogen-bond donors (Lipinski definition) is 2. The van der Waals surface area contributed by atoms with Crippen LogP contribution in [0.2, 0.25) is 10.0 Å².